The molecule has 0 aromatic carbocycles. The molecular weight excluding hydrogens is 228 g/mol. The highest BCUT2D eigenvalue weighted by atomic mass is 16.2. The van der Waals surface area contributed by atoms with Gasteiger partial charge in [-0.05, 0) is 32.8 Å². The molecule has 2 heterocycles. The number of anilines is 1. The van der Waals surface area contributed by atoms with Crippen LogP contribution in [-0.2, 0) is 4.79 Å². The minimum absolute atomic E-state index is 0.110. The van der Waals surface area contributed by atoms with Crippen molar-refractivity contribution >= 4 is 11.9 Å². The Kier molecular flexibility index (Phi) is 3.50. The fourth-order valence-electron chi connectivity index (χ4n) is 2.40. The number of rotatable bonds is 2. The molecule has 1 aromatic heterocycles. The predicted molar refractivity (Wildman–Crippen MR) is 70.6 cm³/mol. The Balaban J connectivity index is 2.28. The molecule has 18 heavy (non-hydrogen) atoms. The summed E-state index contributed by atoms with van der Waals surface area (Å²) < 4.78 is 0. The van der Waals surface area contributed by atoms with Gasteiger partial charge in [0.2, 0.25) is 11.9 Å². The van der Waals surface area contributed by atoms with Crippen molar-refractivity contribution in [3.8, 4) is 0 Å². The molecule has 2 rings (SSSR count). The smallest absolute Gasteiger partial charge is 0.244 e. The van der Waals surface area contributed by atoms with Crippen LogP contribution in [0.4, 0.5) is 5.95 Å². The fraction of sp³-hybridized carbons (Fsp3) is 0.615. The molecular formula is C13H20N4O. The molecule has 1 aliphatic heterocycles. The Morgan fingerprint density at radius 3 is 2.50 bits per heavy atom. The molecule has 1 fully saturated rings. The van der Waals surface area contributed by atoms with Gasteiger partial charge >= 0.3 is 0 Å². The second kappa shape index (κ2) is 4.92. The number of nitrogens with zero attached hydrogens (tertiary/aromatic N) is 4. The summed E-state index contributed by atoms with van der Waals surface area (Å²) in [6.45, 7) is 4.77. The van der Waals surface area contributed by atoms with Crippen LogP contribution in [0.3, 0.4) is 0 Å². The molecule has 1 aromatic rings. The Morgan fingerprint density at radius 2 is 1.94 bits per heavy atom. The van der Waals surface area contributed by atoms with E-state index in [2.05, 4.69) is 9.97 Å². The number of carbonyl (C=O) groups is 1. The molecule has 1 unspecified atom stereocenters. The molecule has 1 aliphatic rings. The van der Waals surface area contributed by atoms with E-state index in [0.29, 0.717) is 5.95 Å². The van der Waals surface area contributed by atoms with Crippen molar-refractivity contribution in [3.63, 3.8) is 0 Å². The summed E-state index contributed by atoms with van der Waals surface area (Å²) in [6, 6.07) is 1.84. The van der Waals surface area contributed by atoms with Crippen LogP contribution in [0.1, 0.15) is 24.2 Å². The zero-order valence-electron chi connectivity index (χ0n) is 11.5. The fourth-order valence-corrected chi connectivity index (χ4v) is 2.40. The van der Waals surface area contributed by atoms with Gasteiger partial charge in [-0.3, -0.25) is 4.79 Å². The third-order valence-electron chi connectivity index (χ3n) is 3.21. The van der Waals surface area contributed by atoms with Crippen LogP contribution in [0, 0.1) is 13.8 Å². The summed E-state index contributed by atoms with van der Waals surface area (Å²) >= 11 is 0. The van der Waals surface area contributed by atoms with E-state index in [-0.39, 0.29) is 11.9 Å². The van der Waals surface area contributed by atoms with E-state index >= 15 is 0 Å². The Morgan fingerprint density at radius 1 is 1.33 bits per heavy atom. The molecule has 0 radical (unpaired) electrons. The number of aromatic nitrogens is 2. The number of carbonyl (C=O) groups excluding carboxylic acids is 1. The second-order valence-electron chi connectivity index (χ2n) is 5.03. The van der Waals surface area contributed by atoms with Gasteiger partial charge in [-0.25, -0.2) is 9.97 Å². The number of aryl methyl sites for hydroxylation is 2. The lowest BCUT2D eigenvalue weighted by molar-refractivity contribution is -0.129. The first-order chi connectivity index (χ1) is 8.49. The number of likely N-dealkylation sites (N-methyl/N-ethyl adjacent to an activating group) is 1. The van der Waals surface area contributed by atoms with Gasteiger partial charge in [0.15, 0.2) is 0 Å². The number of hydrogen-bond donors (Lipinski definition) is 0. The van der Waals surface area contributed by atoms with E-state index in [1.807, 2.05) is 24.8 Å². The van der Waals surface area contributed by atoms with E-state index in [4.69, 9.17) is 0 Å². The molecule has 98 valence electrons. The summed E-state index contributed by atoms with van der Waals surface area (Å²) in [5.74, 6) is 0.820. The summed E-state index contributed by atoms with van der Waals surface area (Å²) in [5, 5.41) is 0. The maximum Gasteiger partial charge on any atom is 0.244 e. The summed E-state index contributed by atoms with van der Waals surface area (Å²) in [4.78, 5) is 24.7. The first-order valence-corrected chi connectivity index (χ1v) is 6.29. The van der Waals surface area contributed by atoms with Gasteiger partial charge < -0.3 is 9.80 Å². The van der Waals surface area contributed by atoms with Crippen molar-refractivity contribution in [2.24, 2.45) is 0 Å². The van der Waals surface area contributed by atoms with E-state index in [9.17, 15) is 4.79 Å². The van der Waals surface area contributed by atoms with Crippen molar-refractivity contribution in [2.75, 3.05) is 25.5 Å². The van der Waals surface area contributed by atoms with E-state index in [1.54, 1.807) is 19.0 Å². The average Bonchev–Trinajstić information content (AvgIpc) is 2.75. The molecule has 0 spiro atoms. The van der Waals surface area contributed by atoms with Gasteiger partial charge in [0.25, 0.3) is 0 Å². The van der Waals surface area contributed by atoms with Gasteiger partial charge in [-0.1, -0.05) is 0 Å². The predicted octanol–water partition coefficient (Wildman–Crippen LogP) is 1.15. The highest BCUT2D eigenvalue weighted by molar-refractivity contribution is 5.84. The monoisotopic (exact) mass is 248 g/mol. The normalized spacial score (nSPS) is 19.1. The molecule has 5 heteroatoms. The maximum atomic E-state index is 12.1. The first kappa shape index (κ1) is 12.8. The molecule has 1 atom stereocenters. The Hall–Kier alpha value is -1.65. The molecule has 0 saturated carbocycles. The zero-order valence-corrected chi connectivity index (χ0v) is 11.5. The molecule has 0 aliphatic carbocycles. The van der Waals surface area contributed by atoms with E-state index in [0.717, 1.165) is 30.8 Å². The summed E-state index contributed by atoms with van der Waals surface area (Å²) in [6.07, 6.45) is 1.90. The van der Waals surface area contributed by atoms with Crippen LogP contribution in [0.15, 0.2) is 6.07 Å². The third kappa shape index (κ3) is 2.44. The lowest BCUT2D eigenvalue weighted by Crippen LogP contribution is -2.43. The van der Waals surface area contributed by atoms with Gasteiger partial charge in [0.05, 0.1) is 0 Å². The number of hydrogen-bond acceptors (Lipinski definition) is 4. The van der Waals surface area contributed by atoms with E-state index < -0.39 is 0 Å². The highest BCUT2D eigenvalue weighted by Crippen LogP contribution is 2.23. The first-order valence-electron chi connectivity index (χ1n) is 6.29. The van der Waals surface area contributed by atoms with Gasteiger partial charge in [-0.15, -0.1) is 0 Å². The minimum Gasteiger partial charge on any atom is -0.347 e. The second-order valence-corrected chi connectivity index (χ2v) is 5.03. The Labute approximate surface area is 108 Å². The van der Waals surface area contributed by atoms with Gasteiger partial charge in [0, 0.05) is 32.0 Å². The standard InChI is InChI=1S/C13H20N4O/c1-9-8-10(2)15-13(14-9)17-7-5-6-11(17)12(18)16(3)4/h8,11H,5-7H2,1-4H3. The van der Waals surface area contributed by atoms with Crippen molar-refractivity contribution in [1.82, 2.24) is 14.9 Å². The lowest BCUT2D eigenvalue weighted by Gasteiger charge is -2.26. The molecule has 5 nitrogen and oxygen atoms in total. The van der Waals surface area contributed by atoms with Gasteiger partial charge in [-0.2, -0.15) is 0 Å². The Bertz CT molecular complexity index is 438. The summed E-state index contributed by atoms with van der Waals surface area (Å²) in [5.41, 5.74) is 1.89. The van der Waals surface area contributed by atoms with Crippen molar-refractivity contribution in [3.05, 3.63) is 17.5 Å². The largest absolute Gasteiger partial charge is 0.347 e. The summed E-state index contributed by atoms with van der Waals surface area (Å²) in [7, 11) is 3.59. The topological polar surface area (TPSA) is 49.3 Å². The zero-order chi connectivity index (χ0) is 13.3. The van der Waals surface area contributed by atoms with Crippen LogP contribution >= 0.6 is 0 Å². The third-order valence-corrected chi connectivity index (χ3v) is 3.21. The SMILES string of the molecule is Cc1cc(C)nc(N2CCCC2C(=O)N(C)C)n1. The van der Waals surface area contributed by atoms with Crippen molar-refractivity contribution in [2.45, 2.75) is 32.7 Å². The van der Waals surface area contributed by atoms with Crippen LogP contribution in [-0.4, -0.2) is 47.5 Å². The molecule has 1 amide bonds. The average molecular weight is 248 g/mol. The number of amides is 1. The lowest BCUT2D eigenvalue weighted by atomic mass is 10.2. The van der Waals surface area contributed by atoms with Crippen LogP contribution in [0.2, 0.25) is 0 Å². The minimum atomic E-state index is -0.110. The van der Waals surface area contributed by atoms with Crippen LogP contribution in [0.25, 0.3) is 0 Å². The van der Waals surface area contributed by atoms with Crippen molar-refractivity contribution in [1.29, 1.82) is 0 Å². The van der Waals surface area contributed by atoms with Crippen molar-refractivity contribution < 1.29 is 4.79 Å². The van der Waals surface area contributed by atoms with Crippen LogP contribution < -0.4 is 4.90 Å². The molecule has 0 bridgehead atoms. The maximum absolute atomic E-state index is 12.1. The molecule has 0 N–H and O–H groups in total. The highest BCUT2D eigenvalue weighted by Gasteiger charge is 2.33. The molecule has 1 saturated heterocycles. The van der Waals surface area contributed by atoms with Crippen LogP contribution in [0.5, 0.6) is 0 Å². The quantitative estimate of drug-likeness (QED) is 0.788. The van der Waals surface area contributed by atoms with Gasteiger partial charge in [0.1, 0.15) is 6.04 Å². The van der Waals surface area contributed by atoms with E-state index in [1.165, 1.54) is 0 Å².